The lowest BCUT2D eigenvalue weighted by Gasteiger charge is -2.06. The van der Waals surface area contributed by atoms with Crippen molar-refractivity contribution in [1.29, 1.82) is 0 Å². The van der Waals surface area contributed by atoms with Crippen LogP contribution in [0.4, 0.5) is 5.69 Å². The van der Waals surface area contributed by atoms with Crippen LogP contribution in [-0.2, 0) is 4.79 Å². The van der Waals surface area contributed by atoms with Gasteiger partial charge < -0.3 is 5.32 Å². The Morgan fingerprint density at radius 2 is 1.95 bits per heavy atom. The van der Waals surface area contributed by atoms with Crippen LogP contribution in [0.15, 0.2) is 12.3 Å². The summed E-state index contributed by atoms with van der Waals surface area (Å²) in [5.41, 5.74) is 1.59. The quantitative estimate of drug-likeness (QED) is 0.553. The fourth-order valence-corrected chi connectivity index (χ4v) is 2.02. The van der Waals surface area contributed by atoms with Crippen LogP contribution in [0.5, 0.6) is 0 Å². The zero-order valence-corrected chi connectivity index (χ0v) is 12.6. The van der Waals surface area contributed by atoms with Crippen LogP contribution in [-0.4, -0.2) is 10.9 Å². The fraction of sp³-hybridized carbons (Fsp3) is 0.600. The molecule has 0 saturated carbocycles. The van der Waals surface area contributed by atoms with Crippen molar-refractivity contribution >= 4 is 23.2 Å². The van der Waals surface area contributed by atoms with Crippen LogP contribution < -0.4 is 5.32 Å². The standard InChI is InChI=1S/C15H23ClN2O/c1-3-4-5-6-7-8-9-14(19)18-13-10-12(2)15(16)17-11-13/h10-11H,3-9H2,1-2H3,(H,18,19). The molecule has 1 aromatic heterocycles. The monoisotopic (exact) mass is 282 g/mol. The molecular formula is C15H23ClN2O. The number of carbonyl (C=O) groups excluding carboxylic acids is 1. The zero-order chi connectivity index (χ0) is 14.1. The summed E-state index contributed by atoms with van der Waals surface area (Å²) in [5, 5.41) is 3.33. The first-order valence-electron chi connectivity index (χ1n) is 7.05. The van der Waals surface area contributed by atoms with Gasteiger partial charge in [0.25, 0.3) is 0 Å². The average molecular weight is 283 g/mol. The molecule has 0 spiro atoms. The van der Waals surface area contributed by atoms with Gasteiger partial charge in [-0.2, -0.15) is 0 Å². The van der Waals surface area contributed by atoms with Crippen LogP contribution in [0.2, 0.25) is 5.15 Å². The van der Waals surface area contributed by atoms with E-state index in [-0.39, 0.29) is 5.91 Å². The summed E-state index contributed by atoms with van der Waals surface area (Å²) in [6, 6.07) is 1.84. The van der Waals surface area contributed by atoms with Gasteiger partial charge in [0.15, 0.2) is 0 Å². The Bertz CT molecular complexity index is 407. The molecule has 0 atom stereocenters. The minimum Gasteiger partial charge on any atom is -0.325 e. The van der Waals surface area contributed by atoms with Crippen molar-refractivity contribution in [3.05, 3.63) is 23.0 Å². The lowest BCUT2D eigenvalue weighted by Crippen LogP contribution is -2.11. The van der Waals surface area contributed by atoms with Crippen LogP contribution >= 0.6 is 11.6 Å². The van der Waals surface area contributed by atoms with E-state index in [1.165, 1.54) is 25.7 Å². The summed E-state index contributed by atoms with van der Waals surface area (Å²) in [5.74, 6) is 0.0546. The van der Waals surface area contributed by atoms with Crippen molar-refractivity contribution < 1.29 is 4.79 Å². The number of nitrogens with one attached hydrogen (secondary N) is 1. The molecule has 0 saturated heterocycles. The van der Waals surface area contributed by atoms with Crippen molar-refractivity contribution in [1.82, 2.24) is 4.98 Å². The Morgan fingerprint density at radius 1 is 1.26 bits per heavy atom. The maximum Gasteiger partial charge on any atom is 0.224 e. The van der Waals surface area contributed by atoms with Crippen LogP contribution in [0.3, 0.4) is 0 Å². The Balaban J connectivity index is 2.21. The maximum atomic E-state index is 11.7. The number of aryl methyl sites for hydroxylation is 1. The van der Waals surface area contributed by atoms with Crippen LogP contribution in [0.25, 0.3) is 0 Å². The summed E-state index contributed by atoms with van der Waals surface area (Å²) in [6.45, 7) is 4.08. The van der Waals surface area contributed by atoms with Crippen molar-refractivity contribution in [2.24, 2.45) is 0 Å². The number of halogens is 1. The number of hydrogen-bond donors (Lipinski definition) is 1. The van der Waals surface area contributed by atoms with Gasteiger partial charge in [-0.3, -0.25) is 4.79 Å². The molecule has 0 radical (unpaired) electrons. The zero-order valence-electron chi connectivity index (χ0n) is 11.8. The smallest absolute Gasteiger partial charge is 0.224 e. The number of anilines is 1. The van der Waals surface area contributed by atoms with Gasteiger partial charge in [0.2, 0.25) is 5.91 Å². The lowest BCUT2D eigenvalue weighted by atomic mass is 10.1. The predicted molar refractivity (Wildman–Crippen MR) is 80.6 cm³/mol. The maximum absolute atomic E-state index is 11.7. The van der Waals surface area contributed by atoms with E-state index < -0.39 is 0 Å². The number of pyridine rings is 1. The van der Waals surface area contributed by atoms with E-state index in [1.807, 2.05) is 13.0 Å². The third-order valence-electron chi connectivity index (χ3n) is 3.06. The minimum absolute atomic E-state index is 0.0546. The van der Waals surface area contributed by atoms with Crippen molar-refractivity contribution in [3.63, 3.8) is 0 Å². The molecule has 1 N–H and O–H groups in total. The second-order valence-corrected chi connectivity index (χ2v) is 5.26. The molecule has 19 heavy (non-hydrogen) atoms. The first kappa shape index (κ1) is 16.0. The number of unbranched alkanes of at least 4 members (excludes halogenated alkanes) is 5. The molecule has 0 aromatic carbocycles. The Labute approximate surface area is 120 Å². The molecule has 0 aliphatic rings. The Hall–Kier alpha value is -1.09. The van der Waals surface area contributed by atoms with Crippen molar-refractivity contribution in [2.75, 3.05) is 5.32 Å². The molecule has 0 aliphatic carbocycles. The topological polar surface area (TPSA) is 42.0 Å². The highest BCUT2D eigenvalue weighted by atomic mass is 35.5. The van der Waals surface area contributed by atoms with E-state index in [9.17, 15) is 4.79 Å². The number of hydrogen-bond acceptors (Lipinski definition) is 2. The Morgan fingerprint density at radius 3 is 2.63 bits per heavy atom. The molecule has 0 aliphatic heterocycles. The normalized spacial score (nSPS) is 10.5. The first-order valence-corrected chi connectivity index (χ1v) is 7.43. The number of carbonyl (C=O) groups is 1. The van der Waals surface area contributed by atoms with E-state index in [1.54, 1.807) is 6.20 Å². The van der Waals surface area contributed by atoms with E-state index in [0.29, 0.717) is 11.6 Å². The average Bonchev–Trinajstić information content (AvgIpc) is 2.38. The molecule has 4 heteroatoms. The molecule has 0 bridgehead atoms. The lowest BCUT2D eigenvalue weighted by molar-refractivity contribution is -0.116. The predicted octanol–water partition coefficient (Wildman–Crippen LogP) is 4.73. The number of nitrogens with zero attached hydrogens (tertiary/aromatic N) is 1. The molecule has 1 heterocycles. The van der Waals surface area contributed by atoms with E-state index >= 15 is 0 Å². The number of amides is 1. The Kier molecular flexibility index (Phi) is 7.49. The second kappa shape index (κ2) is 8.92. The van der Waals surface area contributed by atoms with Gasteiger partial charge in [0.05, 0.1) is 11.9 Å². The molecule has 1 rings (SSSR count). The van der Waals surface area contributed by atoms with Gasteiger partial charge in [-0.25, -0.2) is 4.98 Å². The van der Waals surface area contributed by atoms with Gasteiger partial charge >= 0.3 is 0 Å². The van der Waals surface area contributed by atoms with Gasteiger partial charge in [0.1, 0.15) is 5.15 Å². The molecular weight excluding hydrogens is 260 g/mol. The van der Waals surface area contributed by atoms with E-state index in [4.69, 9.17) is 11.6 Å². The molecule has 0 unspecified atom stereocenters. The number of aromatic nitrogens is 1. The van der Waals surface area contributed by atoms with Gasteiger partial charge in [0, 0.05) is 6.42 Å². The molecule has 1 amide bonds. The van der Waals surface area contributed by atoms with E-state index in [0.717, 1.165) is 24.1 Å². The van der Waals surface area contributed by atoms with Gasteiger partial charge in [-0.05, 0) is 25.0 Å². The fourth-order valence-electron chi connectivity index (χ4n) is 1.92. The first-order chi connectivity index (χ1) is 9.13. The summed E-state index contributed by atoms with van der Waals surface area (Å²) in [4.78, 5) is 15.7. The minimum atomic E-state index is 0.0546. The number of rotatable bonds is 8. The molecule has 0 fully saturated rings. The largest absolute Gasteiger partial charge is 0.325 e. The van der Waals surface area contributed by atoms with Gasteiger partial charge in [-0.1, -0.05) is 50.6 Å². The highest BCUT2D eigenvalue weighted by Crippen LogP contribution is 2.16. The third kappa shape index (κ3) is 6.58. The van der Waals surface area contributed by atoms with Crippen LogP contribution in [0.1, 0.15) is 57.4 Å². The summed E-state index contributed by atoms with van der Waals surface area (Å²) < 4.78 is 0. The summed E-state index contributed by atoms with van der Waals surface area (Å²) in [7, 11) is 0. The van der Waals surface area contributed by atoms with Gasteiger partial charge in [-0.15, -0.1) is 0 Å². The highest BCUT2D eigenvalue weighted by Gasteiger charge is 2.04. The molecule has 106 valence electrons. The van der Waals surface area contributed by atoms with Crippen LogP contribution in [0, 0.1) is 6.92 Å². The van der Waals surface area contributed by atoms with Crippen molar-refractivity contribution in [2.45, 2.75) is 58.8 Å². The van der Waals surface area contributed by atoms with E-state index in [2.05, 4.69) is 17.2 Å². The summed E-state index contributed by atoms with van der Waals surface area (Å²) in [6.07, 6.45) is 9.30. The SMILES string of the molecule is CCCCCCCCC(=O)Nc1cnc(Cl)c(C)c1. The molecule has 3 nitrogen and oxygen atoms in total. The summed E-state index contributed by atoms with van der Waals surface area (Å²) >= 11 is 5.84. The highest BCUT2D eigenvalue weighted by molar-refractivity contribution is 6.30. The third-order valence-corrected chi connectivity index (χ3v) is 3.45. The molecule has 1 aromatic rings. The van der Waals surface area contributed by atoms with Crippen molar-refractivity contribution in [3.8, 4) is 0 Å². The second-order valence-electron chi connectivity index (χ2n) is 4.90.